The quantitative estimate of drug-likeness (QED) is 0.738. The molecule has 0 saturated carbocycles. The monoisotopic (exact) mass is 324 g/mol. The number of anilines is 1. The van der Waals surface area contributed by atoms with Crippen LogP contribution in [0, 0.1) is 0 Å². The summed E-state index contributed by atoms with van der Waals surface area (Å²) in [4.78, 5) is 4.71. The molecule has 0 aromatic heterocycles. The second-order valence-electron chi connectivity index (χ2n) is 7.00. The number of alkyl halides is 2. The Kier molecular flexibility index (Phi) is 6.01. The van der Waals surface area contributed by atoms with E-state index in [2.05, 4.69) is 16.7 Å². The van der Waals surface area contributed by atoms with Gasteiger partial charge in [0, 0.05) is 44.4 Å². The maximum Gasteiger partial charge on any atom is 0.270 e. The summed E-state index contributed by atoms with van der Waals surface area (Å²) in [5.74, 6) is -2.69. The maximum absolute atomic E-state index is 14.0. The van der Waals surface area contributed by atoms with Crippen molar-refractivity contribution in [2.75, 3.05) is 37.6 Å². The number of piperazine rings is 1. The van der Waals surface area contributed by atoms with Gasteiger partial charge >= 0.3 is 0 Å². The highest BCUT2D eigenvalue weighted by Gasteiger charge is 2.29. The Bertz CT molecular complexity index is 501. The van der Waals surface area contributed by atoms with Crippen LogP contribution >= 0.6 is 0 Å². The van der Waals surface area contributed by atoms with Crippen molar-refractivity contribution in [3.63, 3.8) is 0 Å². The predicted octanol–water partition coefficient (Wildman–Crippen LogP) is 4.84. The summed E-state index contributed by atoms with van der Waals surface area (Å²) in [7, 11) is 0. The van der Waals surface area contributed by atoms with E-state index >= 15 is 0 Å². The molecule has 2 nitrogen and oxygen atoms in total. The summed E-state index contributed by atoms with van der Waals surface area (Å²) in [6, 6.07) is 5.60. The second kappa shape index (κ2) is 7.61. The van der Waals surface area contributed by atoms with Gasteiger partial charge in [0.05, 0.1) is 0 Å². The lowest BCUT2D eigenvalue weighted by Gasteiger charge is -2.36. The predicted molar refractivity (Wildman–Crippen MR) is 93.7 cm³/mol. The Morgan fingerprint density at radius 3 is 2.30 bits per heavy atom. The van der Waals surface area contributed by atoms with Crippen molar-refractivity contribution in [3.05, 3.63) is 29.3 Å². The zero-order valence-corrected chi connectivity index (χ0v) is 14.9. The van der Waals surface area contributed by atoms with E-state index in [9.17, 15) is 8.78 Å². The van der Waals surface area contributed by atoms with Gasteiger partial charge in [0.15, 0.2) is 0 Å². The van der Waals surface area contributed by atoms with Crippen molar-refractivity contribution in [1.29, 1.82) is 0 Å². The van der Waals surface area contributed by atoms with Crippen molar-refractivity contribution in [2.24, 2.45) is 0 Å². The Hall–Kier alpha value is -1.16. The van der Waals surface area contributed by atoms with Gasteiger partial charge in [-0.2, -0.15) is 0 Å². The average molecular weight is 324 g/mol. The van der Waals surface area contributed by atoms with Crippen LogP contribution in [0.2, 0.25) is 0 Å². The van der Waals surface area contributed by atoms with Crippen molar-refractivity contribution >= 4 is 5.69 Å². The summed E-state index contributed by atoms with van der Waals surface area (Å²) in [6.07, 6.45) is 2.45. The van der Waals surface area contributed by atoms with E-state index in [0.717, 1.165) is 50.9 Å². The van der Waals surface area contributed by atoms with Crippen molar-refractivity contribution in [1.82, 2.24) is 4.90 Å². The third kappa shape index (κ3) is 4.66. The molecule has 130 valence electrons. The molecule has 0 amide bonds. The lowest BCUT2D eigenvalue weighted by molar-refractivity contribution is 0.0163. The number of unbranched alkanes of at least 4 members (excludes halogenated alkanes) is 1. The molecule has 1 heterocycles. The number of hydrogen-bond acceptors (Lipinski definition) is 2. The third-order valence-corrected chi connectivity index (χ3v) is 4.70. The molecule has 0 radical (unpaired) electrons. The minimum Gasteiger partial charge on any atom is -0.369 e. The van der Waals surface area contributed by atoms with Gasteiger partial charge in [0.1, 0.15) is 0 Å². The highest BCUT2D eigenvalue weighted by molar-refractivity contribution is 5.53. The molecule has 2 rings (SSSR count). The molecule has 0 unspecified atom stereocenters. The van der Waals surface area contributed by atoms with E-state index in [4.69, 9.17) is 0 Å². The molecule has 0 spiro atoms. The number of rotatable bonds is 6. The van der Waals surface area contributed by atoms with Crippen LogP contribution in [-0.2, 0) is 5.92 Å². The van der Waals surface area contributed by atoms with Gasteiger partial charge in [0.25, 0.3) is 5.92 Å². The summed E-state index contributed by atoms with van der Waals surface area (Å²) in [5, 5.41) is 0. The van der Waals surface area contributed by atoms with E-state index in [1.807, 2.05) is 26.0 Å². The van der Waals surface area contributed by atoms with Crippen LogP contribution in [0.4, 0.5) is 14.5 Å². The fraction of sp³-hybridized carbons (Fsp3) is 0.684. The molecule has 23 heavy (non-hydrogen) atoms. The van der Waals surface area contributed by atoms with E-state index in [-0.39, 0.29) is 11.5 Å². The molecule has 0 N–H and O–H groups in total. The van der Waals surface area contributed by atoms with Gasteiger partial charge < -0.3 is 4.90 Å². The zero-order chi connectivity index (χ0) is 17.0. The molecule has 1 saturated heterocycles. The molecule has 1 fully saturated rings. The van der Waals surface area contributed by atoms with Gasteiger partial charge in [-0.1, -0.05) is 33.3 Å². The number of halogens is 2. The molecular weight excluding hydrogens is 294 g/mol. The highest BCUT2D eigenvalue weighted by atomic mass is 19.3. The lowest BCUT2D eigenvalue weighted by atomic mass is 9.93. The van der Waals surface area contributed by atoms with Crippen LogP contribution in [-0.4, -0.2) is 37.6 Å². The number of hydrogen-bond donors (Lipinski definition) is 0. The molecule has 4 heteroatoms. The van der Waals surface area contributed by atoms with Gasteiger partial charge in [-0.15, -0.1) is 0 Å². The Morgan fingerprint density at radius 1 is 1.13 bits per heavy atom. The van der Waals surface area contributed by atoms with Crippen molar-refractivity contribution in [2.45, 2.75) is 52.4 Å². The maximum atomic E-state index is 14.0. The first-order chi connectivity index (χ1) is 10.8. The smallest absolute Gasteiger partial charge is 0.270 e. The van der Waals surface area contributed by atoms with Gasteiger partial charge in [-0.05, 0) is 36.6 Å². The van der Waals surface area contributed by atoms with E-state index < -0.39 is 5.92 Å². The molecule has 1 aliphatic heterocycles. The number of benzene rings is 1. The lowest BCUT2D eigenvalue weighted by Crippen LogP contribution is -2.46. The first-order valence-corrected chi connectivity index (χ1v) is 8.82. The van der Waals surface area contributed by atoms with Crippen LogP contribution in [0.15, 0.2) is 18.2 Å². The molecule has 0 atom stereocenters. The fourth-order valence-electron chi connectivity index (χ4n) is 3.24. The normalized spacial score (nSPS) is 17.1. The molecule has 0 bridgehead atoms. The Morgan fingerprint density at radius 2 is 1.78 bits per heavy atom. The van der Waals surface area contributed by atoms with Crippen LogP contribution in [0.3, 0.4) is 0 Å². The van der Waals surface area contributed by atoms with Crippen molar-refractivity contribution in [3.8, 4) is 0 Å². The molecule has 1 aromatic rings. The first-order valence-electron chi connectivity index (χ1n) is 8.82. The van der Waals surface area contributed by atoms with E-state index in [0.29, 0.717) is 0 Å². The summed E-state index contributed by atoms with van der Waals surface area (Å²) in [6.45, 7) is 12.2. The number of nitrogens with zero attached hydrogens (tertiary/aromatic N) is 2. The standard InChI is InChI=1S/C19H30F2N2/c1-5-6-9-22-10-12-23(13-11-22)16-7-8-17(15(2)3)18(14-16)19(4,20)21/h7-8,14-15H,5-6,9-13H2,1-4H3. The van der Waals surface area contributed by atoms with E-state index in [1.165, 1.54) is 12.8 Å². The molecule has 1 aromatic carbocycles. The molecule has 0 aliphatic carbocycles. The van der Waals surface area contributed by atoms with Crippen LogP contribution in [0.1, 0.15) is 57.6 Å². The second-order valence-corrected chi connectivity index (χ2v) is 7.00. The van der Waals surface area contributed by atoms with Crippen LogP contribution in [0.25, 0.3) is 0 Å². The zero-order valence-electron chi connectivity index (χ0n) is 14.9. The Balaban J connectivity index is 2.12. The van der Waals surface area contributed by atoms with Gasteiger partial charge in [0.2, 0.25) is 0 Å². The highest BCUT2D eigenvalue weighted by Crippen LogP contribution is 2.36. The SMILES string of the molecule is CCCCN1CCN(c2ccc(C(C)C)c(C(C)(F)F)c2)CC1. The van der Waals surface area contributed by atoms with Crippen LogP contribution in [0.5, 0.6) is 0 Å². The molecule has 1 aliphatic rings. The third-order valence-electron chi connectivity index (χ3n) is 4.70. The summed E-state index contributed by atoms with van der Waals surface area (Å²) in [5.41, 5.74) is 1.86. The first kappa shape index (κ1) is 18.2. The van der Waals surface area contributed by atoms with Crippen molar-refractivity contribution < 1.29 is 8.78 Å². The average Bonchev–Trinajstić information content (AvgIpc) is 2.52. The largest absolute Gasteiger partial charge is 0.369 e. The fourth-order valence-corrected chi connectivity index (χ4v) is 3.24. The van der Waals surface area contributed by atoms with Gasteiger partial charge in [-0.25, -0.2) is 8.78 Å². The minimum absolute atomic E-state index is 0.107. The van der Waals surface area contributed by atoms with Gasteiger partial charge in [-0.3, -0.25) is 4.90 Å². The Labute approximate surface area is 139 Å². The minimum atomic E-state index is -2.79. The van der Waals surface area contributed by atoms with E-state index in [1.54, 1.807) is 6.07 Å². The summed E-state index contributed by atoms with van der Waals surface area (Å²) >= 11 is 0. The molecular formula is C19H30F2N2. The van der Waals surface area contributed by atoms with Crippen LogP contribution < -0.4 is 4.90 Å². The topological polar surface area (TPSA) is 6.48 Å². The summed E-state index contributed by atoms with van der Waals surface area (Å²) < 4.78 is 28.0.